The molecule has 0 amide bonds. The average Bonchev–Trinajstić information content (AvgIpc) is 3.57. The summed E-state index contributed by atoms with van der Waals surface area (Å²) in [5.41, 5.74) is 0. The molecule has 0 bridgehead atoms. The predicted octanol–water partition coefficient (Wildman–Crippen LogP) is 30.7. The van der Waals surface area contributed by atoms with E-state index in [1.54, 1.807) is 0 Å². The Morgan fingerprint density at radius 2 is 0.239 bits per heavy atom. The second-order valence-corrected chi connectivity index (χ2v) is 29.3. The fourth-order valence-corrected chi connectivity index (χ4v) is 13.1. The zero-order valence-corrected chi connectivity index (χ0v) is 64.7. The molecule has 0 aromatic carbocycles. The monoisotopic (exact) mass is 1300 g/mol. The van der Waals surface area contributed by atoms with Crippen molar-refractivity contribution in [2.75, 3.05) is 19.6 Å². The zero-order chi connectivity index (χ0) is 67.3. The smallest absolute Gasteiger partial charge is 0.153 e. The standard InChI is InChI=1S/C34H69NO.C28H57NO.C24H49NO/c1-3-5-7-9-11-13-15-17-19-20-22-24-26-28-30-32-34-35(36)33-31-29-27-25-23-21-18-16-14-12-10-8-6-4-2;1-3-5-7-9-11-13-15-17-19-21-23-25-27-29(30)28-26-24-22-20-18-16-14-12-10-8-6-4-2;1-3-5-7-9-11-13-15-17-19-21-23-25(26)24-22-20-18-16-14-12-10-8-6-4-2/h34H,3-33H2,1-2H3;27H,3-26,28H2,1-2H3;23H,3-22,24H2,1-2H3. The molecule has 0 aliphatic heterocycles. The minimum absolute atomic E-state index is 0.702. The van der Waals surface area contributed by atoms with Crippen LogP contribution in [0.5, 0.6) is 0 Å². The van der Waals surface area contributed by atoms with Crippen molar-refractivity contribution in [1.82, 2.24) is 0 Å². The highest BCUT2D eigenvalue weighted by Crippen LogP contribution is 2.18. The Hall–Kier alpha value is -1.59. The molecule has 0 atom stereocenters. The van der Waals surface area contributed by atoms with E-state index < -0.39 is 0 Å². The van der Waals surface area contributed by atoms with E-state index in [1.807, 2.05) is 18.6 Å². The summed E-state index contributed by atoms with van der Waals surface area (Å²) in [5.74, 6) is 0. The van der Waals surface area contributed by atoms with Gasteiger partial charge in [0, 0.05) is 38.5 Å². The van der Waals surface area contributed by atoms with Crippen molar-refractivity contribution in [1.29, 1.82) is 0 Å². The maximum Gasteiger partial charge on any atom is 0.153 e. The molecule has 6 nitrogen and oxygen atoms in total. The summed E-state index contributed by atoms with van der Waals surface area (Å²) in [7, 11) is 0. The third kappa shape index (κ3) is 94.8. The number of hydrogen-bond acceptors (Lipinski definition) is 3. The SMILES string of the molecule is CCCCCCCCCCCC=[N+]([O-])CCCCCCCCCCCC.CCCCCCCCCCCCCC=[N+]([O-])CCCCCCCCCCCCCC.CCCCCCCCCCCCCCCCCC=[N+]([O-])CCCCCCCCCCCCCCCC. The zero-order valence-electron chi connectivity index (χ0n) is 64.7. The van der Waals surface area contributed by atoms with Gasteiger partial charge in [0.2, 0.25) is 0 Å². The first kappa shape index (κ1) is 94.6. The number of hydroxylamine groups is 3. The molecule has 0 saturated carbocycles. The first-order valence-electron chi connectivity index (χ1n) is 43.2. The van der Waals surface area contributed by atoms with Gasteiger partial charge < -0.3 is 15.6 Å². The highest BCUT2D eigenvalue weighted by molar-refractivity contribution is 5.51. The Bertz CT molecular complexity index is 1360. The van der Waals surface area contributed by atoms with Crippen molar-refractivity contribution in [3.63, 3.8) is 0 Å². The summed E-state index contributed by atoms with van der Waals surface area (Å²) < 4.78 is 3.60. The van der Waals surface area contributed by atoms with Crippen LogP contribution in [0, 0.1) is 15.6 Å². The topological polar surface area (TPSA) is 78.2 Å². The van der Waals surface area contributed by atoms with Gasteiger partial charge in [-0.1, -0.05) is 440 Å². The maximum absolute atomic E-state index is 12.0. The summed E-state index contributed by atoms with van der Waals surface area (Å²) in [6.07, 6.45) is 105. The maximum atomic E-state index is 12.0. The highest BCUT2D eigenvalue weighted by Gasteiger charge is 2.03. The molecule has 0 unspecified atom stereocenters. The van der Waals surface area contributed by atoms with Gasteiger partial charge in [0.25, 0.3) is 0 Å². The lowest BCUT2D eigenvalue weighted by atomic mass is 10.0. The molecule has 92 heavy (non-hydrogen) atoms. The molecule has 0 saturated heterocycles. The lowest BCUT2D eigenvalue weighted by Gasteiger charge is -2.05. The summed E-state index contributed by atoms with van der Waals surface area (Å²) in [6, 6.07) is 0. The van der Waals surface area contributed by atoms with Gasteiger partial charge in [0.05, 0.1) is 0 Å². The molecule has 0 fully saturated rings. The van der Waals surface area contributed by atoms with E-state index in [0.717, 1.165) is 38.5 Å². The van der Waals surface area contributed by atoms with E-state index in [2.05, 4.69) is 41.5 Å². The Kier molecular flexibility index (Phi) is 94.0. The van der Waals surface area contributed by atoms with Crippen molar-refractivity contribution in [2.45, 2.75) is 517 Å². The Morgan fingerprint density at radius 1 is 0.141 bits per heavy atom. The van der Waals surface area contributed by atoms with E-state index in [4.69, 9.17) is 0 Å². The number of nitrogens with zero attached hydrogens (tertiary/aromatic N) is 3. The van der Waals surface area contributed by atoms with E-state index >= 15 is 0 Å². The second kappa shape index (κ2) is 91.5. The van der Waals surface area contributed by atoms with Crippen LogP contribution in [-0.2, 0) is 0 Å². The van der Waals surface area contributed by atoms with Crippen LogP contribution in [0.15, 0.2) is 0 Å². The number of hydrogen-bond donors (Lipinski definition) is 0. The normalized spacial score (nSPS) is 12.0. The van der Waals surface area contributed by atoms with Gasteiger partial charge in [0.15, 0.2) is 38.3 Å². The number of unbranched alkanes of at least 4 members (excludes halogenated alkanes) is 68. The molecule has 0 aromatic heterocycles. The molecule has 0 heterocycles. The van der Waals surface area contributed by atoms with Crippen LogP contribution in [0.2, 0.25) is 0 Å². The third-order valence-electron chi connectivity index (χ3n) is 19.6. The molecule has 0 aliphatic rings. The summed E-state index contributed by atoms with van der Waals surface area (Å²) in [6.45, 7) is 15.8. The van der Waals surface area contributed by atoms with Crippen molar-refractivity contribution in [3.8, 4) is 0 Å². The minimum Gasteiger partial charge on any atom is -0.624 e. The van der Waals surface area contributed by atoms with Gasteiger partial charge in [-0.05, 0) is 38.5 Å². The van der Waals surface area contributed by atoms with Crippen LogP contribution < -0.4 is 0 Å². The van der Waals surface area contributed by atoms with E-state index in [9.17, 15) is 15.6 Å². The van der Waals surface area contributed by atoms with E-state index in [1.165, 1.54) is 451 Å². The Morgan fingerprint density at radius 3 is 0.359 bits per heavy atom. The van der Waals surface area contributed by atoms with Gasteiger partial charge >= 0.3 is 0 Å². The van der Waals surface area contributed by atoms with Gasteiger partial charge in [-0.3, -0.25) is 0 Å². The molecular weight excluding hydrogens is 1120 g/mol. The molecule has 0 radical (unpaired) electrons. The average molecular weight is 1300 g/mol. The van der Waals surface area contributed by atoms with Crippen LogP contribution in [0.25, 0.3) is 0 Å². The van der Waals surface area contributed by atoms with Crippen molar-refractivity contribution in [2.24, 2.45) is 0 Å². The molecule has 552 valence electrons. The second-order valence-electron chi connectivity index (χ2n) is 29.3. The number of rotatable bonds is 77. The third-order valence-corrected chi connectivity index (χ3v) is 19.6. The fourth-order valence-electron chi connectivity index (χ4n) is 13.1. The lowest BCUT2D eigenvalue weighted by Crippen LogP contribution is -2.06. The van der Waals surface area contributed by atoms with Crippen molar-refractivity contribution in [3.05, 3.63) is 15.6 Å². The van der Waals surface area contributed by atoms with Crippen LogP contribution in [0.4, 0.5) is 0 Å². The highest BCUT2D eigenvalue weighted by atomic mass is 16.5. The first-order valence-corrected chi connectivity index (χ1v) is 43.2. The van der Waals surface area contributed by atoms with Crippen molar-refractivity contribution >= 4 is 18.6 Å². The van der Waals surface area contributed by atoms with Crippen LogP contribution in [0.3, 0.4) is 0 Å². The van der Waals surface area contributed by atoms with Crippen LogP contribution in [-0.4, -0.2) is 52.5 Å². The van der Waals surface area contributed by atoms with Gasteiger partial charge in [-0.25, -0.2) is 14.2 Å². The fraction of sp³-hybridized carbons (Fsp3) is 0.965. The lowest BCUT2D eigenvalue weighted by molar-refractivity contribution is -0.454. The van der Waals surface area contributed by atoms with Crippen molar-refractivity contribution < 1.29 is 14.2 Å². The van der Waals surface area contributed by atoms with E-state index in [-0.39, 0.29) is 0 Å². The van der Waals surface area contributed by atoms with Crippen LogP contribution in [0.1, 0.15) is 517 Å². The van der Waals surface area contributed by atoms with Gasteiger partial charge in [-0.2, -0.15) is 0 Å². The first-order chi connectivity index (χ1) is 45.4. The molecule has 0 N–H and O–H groups in total. The molecule has 0 aromatic rings. The van der Waals surface area contributed by atoms with Crippen LogP contribution >= 0.6 is 0 Å². The minimum atomic E-state index is 0.702. The molecule has 0 rings (SSSR count). The van der Waals surface area contributed by atoms with E-state index in [0.29, 0.717) is 19.6 Å². The summed E-state index contributed by atoms with van der Waals surface area (Å²) in [4.78, 5) is 0. The molecular formula is C86H175N3O3. The largest absolute Gasteiger partial charge is 0.624 e. The van der Waals surface area contributed by atoms with Gasteiger partial charge in [-0.15, -0.1) is 0 Å². The molecule has 0 aliphatic carbocycles. The summed E-state index contributed by atoms with van der Waals surface area (Å²) >= 11 is 0. The Balaban J connectivity index is -0.00000131. The quantitative estimate of drug-likeness (QED) is 0.0200. The molecule has 6 heteroatoms. The Labute approximate surface area is 581 Å². The van der Waals surface area contributed by atoms with Gasteiger partial charge in [0.1, 0.15) is 0 Å². The summed E-state index contributed by atoms with van der Waals surface area (Å²) in [5, 5.41) is 35.6. The predicted molar refractivity (Wildman–Crippen MR) is 419 cm³/mol. The molecule has 0 spiro atoms.